The molecule has 0 fully saturated rings. The van der Waals surface area contributed by atoms with Crippen LogP contribution in [-0.4, -0.2) is 28.1 Å². The van der Waals surface area contributed by atoms with Gasteiger partial charge < -0.3 is 14.9 Å². The molecule has 6 heteroatoms. The largest absolute Gasteiger partial charge is 0.469 e. The van der Waals surface area contributed by atoms with E-state index in [4.69, 9.17) is 14.9 Å². The molecule has 0 atom stereocenters. The number of aliphatic hydroxyl groups is 1. The average molecular weight is 368 g/mol. The Morgan fingerprint density at radius 3 is 1.25 bits per heavy atom. The number of aliphatic hydroxyl groups excluding tert-OH is 1. The molecule has 0 amide bonds. The molecule has 0 aliphatic rings. The summed E-state index contributed by atoms with van der Waals surface area (Å²) in [6.07, 6.45) is 17.8. The minimum atomic E-state index is -4.25. The number of hydrogen-bond donors (Lipinski definition) is 3. The summed E-state index contributed by atoms with van der Waals surface area (Å²) in [4.78, 5) is 17.0. The predicted octanol–water partition coefficient (Wildman–Crippen LogP) is 5.58. The normalized spacial score (nSPS) is 11.2. The predicted molar refractivity (Wildman–Crippen MR) is 101 cm³/mol. The van der Waals surface area contributed by atoms with Gasteiger partial charge in [-0.25, -0.2) is 4.57 Å². The van der Waals surface area contributed by atoms with Crippen molar-refractivity contribution in [3.05, 3.63) is 0 Å². The molecule has 24 heavy (non-hydrogen) atoms. The second-order valence-electron chi connectivity index (χ2n) is 6.24. The first-order chi connectivity index (χ1) is 11.5. The van der Waals surface area contributed by atoms with Crippen LogP contribution in [0.3, 0.4) is 0 Å². The van der Waals surface area contributed by atoms with Crippen LogP contribution in [0.15, 0.2) is 0 Å². The zero-order valence-corrected chi connectivity index (χ0v) is 16.8. The van der Waals surface area contributed by atoms with E-state index in [9.17, 15) is 4.57 Å². The summed E-state index contributed by atoms with van der Waals surface area (Å²) in [5.41, 5.74) is 0. The van der Waals surface area contributed by atoms with Gasteiger partial charge in [-0.3, -0.25) is 4.52 Å². The second kappa shape index (κ2) is 21.1. The number of phosphoric ester groups is 1. The van der Waals surface area contributed by atoms with E-state index in [2.05, 4.69) is 11.4 Å². The molecule has 148 valence electrons. The molecule has 0 bridgehead atoms. The zero-order chi connectivity index (χ0) is 18.5. The van der Waals surface area contributed by atoms with Crippen molar-refractivity contribution >= 4 is 7.82 Å². The molecule has 0 aliphatic carbocycles. The monoisotopic (exact) mass is 368 g/mol. The van der Waals surface area contributed by atoms with Crippen LogP contribution in [0.2, 0.25) is 0 Å². The van der Waals surface area contributed by atoms with E-state index in [0.29, 0.717) is 0 Å². The van der Waals surface area contributed by atoms with Gasteiger partial charge in [0.15, 0.2) is 0 Å². The molecule has 0 saturated heterocycles. The maximum absolute atomic E-state index is 10.4. The van der Waals surface area contributed by atoms with Crippen LogP contribution in [0.4, 0.5) is 0 Å². The van der Waals surface area contributed by atoms with E-state index in [1.807, 2.05) is 0 Å². The van der Waals surface area contributed by atoms with Crippen molar-refractivity contribution in [3.8, 4) is 0 Å². The molecule has 0 aromatic carbocycles. The quantitative estimate of drug-likeness (QED) is 0.245. The molecule has 0 aliphatic heterocycles. The van der Waals surface area contributed by atoms with E-state index in [1.165, 1.54) is 70.6 Å². The van der Waals surface area contributed by atoms with E-state index in [-0.39, 0.29) is 13.2 Å². The highest BCUT2D eigenvalue weighted by atomic mass is 31.2. The first-order valence-electron chi connectivity index (χ1n) is 9.78. The average Bonchev–Trinajstić information content (AvgIpc) is 2.51. The number of phosphoric acid groups is 1. The van der Waals surface area contributed by atoms with Gasteiger partial charge in [0.1, 0.15) is 0 Å². The third kappa shape index (κ3) is 30.0. The van der Waals surface area contributed by atoms with E-state index in [0.717, 1.165) is 19.3 Å². The fourth-order valence-corrected chi connectivity index (χ4v) is 2.85. The lowest BCUT2D eigenvalue weighted by molar-refractivity contribution is 0.193. The molecule has 0 aromatic heterocycles. The van der Waals surface area contributed by atoms with Crippen molar-refractivity contribution in [2.24, 2.45) is 0 Å². The summed E-state index contributed by atoms with van der Waals surface area (Å²) in [5, 5.41) is 7.57. The summed E-state index contributed by atoms with van der Waals surface area (Å²) < 4.78 is 14.8. The maximum Gasteiger partial charge on any atom is 0.469 e. The Labute approximate surface area is 149 Å². The highest BCUT2D eigenvalue weighted by Crippen LogP contribution is 2.35. The Morgan fingerprint density at radius 1 is 0.667 bits per heavy atom. The lowest BCUT2D eigenvalue weighted by Crippen LogP contribution is -1.92. The Balaban J connectivity index is 0. The minimum Gasteiger partial charge on any atom is -0.397 e. The smallest absolute Gasteiger partial charge is 0.397 e. The van der Waals surface area contributed by atoms with Gasteiger partial charge in [-0.15, -0.1) is 0 Å². The van der Waals surface area contributed by atoms with Gasteiger partial charge in [-0.2, -0.15) is 0 Å². The SMILES string of the molecule is CCCCCCCCCCCCCCCCOP(=O)(O)O.CCO. The summed E-state index contributed by atoms with van der Waals surface area (Å²) >= 11 is 0. The van der Waals surface area contributed by atoms with Crippen molar-refractivity contribution < 1.29 is 24.0 Å². The van der Waals surface area contributed by atoms with Crippen molar-refractivity contribution in [3.63, 3.8) is 0 Å². The molecule has 3 N–H and O–H groups in total. The third-order valence-corrected chi connectivity index (χ3v) is 4.28. The molecule has 0 heterocycles. The maximum atomic E-state index is 10.4. The van der Waals surface area contributed by atoms with Gasteiger partial charge in [-0.05, 0) is 13.3 Å². The summed E-state index contributed by atoms with van der Waals surface area (Å²) in [7, 11) is -4.25. The molecule has 0 aromatic rings. The fourth-order valence-electron chi connectivity index (χ4n) is 2.48. The van der Waals surface area contributed by atoms with Crippen LogP contribution in [0.5, 0.6) is 0 Å². The number of rotatable bonds is 16. The number of unbranched alkanes of at least 4 members (excludes halogenated alkanes) is 13. The van der Waals surface area contributed by atoms with Crippen LogP contribution >= 0.6 is 7.82 Å². The summed E-state index contributed by atoms with van der Waals surface area (Å²) in [6.45, 7) is 4.35. The van der Waals surface area contributed by atoms with Gasteiger partial charge in [0, 0.05) is 6.61 Å². The van der Waals surface area contributed by atoms with Gasteiger partial charge in [-0.1, -0.05) is 90.4 Å². The molecule has 0 unspecified atom stereocenters. The molecule has 0 saturated carbocycles. The van der Waals surface area contributed by atoms with Crippen LogP contribution in [0.25, 0.3) is 0 Å². The highest BCUT2D eigenvalue weighted by Gasteiger charge is 2.12. The van der Waals surface area contributed by atoms with Crippen LogP contribution in [-0.2, 0) is 9.09 Å². The Hall–Kier alpha value is 0.0700. The molecule has 0 spiro atoms. The Kier molecular flexibility index (Phi) is 23.1. The molecule has 0 rings (SSSR count). The van der Waals surface area contributed by atoms with E-state index in [1.54, 1.807) is 6.92 Å². The topological polar surface area (TPSA) is 87.0 Å². The minimum absolute atomic E-state index is 0.169. The molecular formula is C18H41O5P. The lowest BCUT2D eigenvalue weighted by atomic mass is 10.0. The highest BCUT2D eigenvalue weighted by molar-refractivity contribution is 7.46. The van der Waals surface area contributed by atoms with Crippen molar-refractivity contribution in [1.82, 2.24) is 0 Å². The Morgan fingerprint density at radius 2 is 0.958 bits per heavy atom. The van der Waals surface area contributed by atoms with Crippen molar-refractivity contribution in [1.29, 1.82) is 0 Å². The van der Waals surface area contributed by atoms with Gasteiger partial charge in [0.2, 0.25) is 0 Å². The zero-order valence-electron chi connectivity index (χ0n) is 15.9. The van der Waals surface area contributed by atoms with E-state index < -0.39 is 7.82 Å². The van der Waals surface area contributed by atoms with Gasteiger partial charge >= 0.3 is 7.82 Å². The van der Waals surface area contributed by atoms with Crippen LogP contribution < -0.4 is 0 Å². The second-order valence-corrected chi connectivity index (χ2v) is 7.48. The van der Waals surface area contributed by atoms with Gasteiger partial charge in [0.05, 0.1) is 6.61 Å². The van der Waals surface area contributed by atoms with E-state index >= 15 is 0 Å². The third-order valence-electron chi connectivity index (χ3n) is 3.76. The van der Waals surface area contributed by atoms with Gasteiger partial charge in [0.25, 0.3) is 0 Å². The summed E-state index contributed by atoms with van der Waals surface area (Å²) in [6, 6.07) is 0. The summed E-state index contributed by atoms with van der Waals surface area (Å²) in [5.74, 6) is 0. The fraction of sp³-hybridized carbons (Fsp3) is 1.00. The molecular weight excluding hydrogens is 327 g/mol. The van der Waals surface area contributed by atoms with Crippen LogP contribution in [0.1, 0.15) is 104 Å². The first-order valence-corrected chi connectivity index (χ1v) is 11.3. The first kappa shape index (κ1) is 26.3. The Bertz CT molecular complexity index is 268. The van der Waals surface area contributed by atoms with Crippen LogP contribution in [0, 0.1) is 0 Å². The molecule has 5 nitrogen and oxygen atoms in total. The standard InChI is InChI=1S/C16H35O4P.C2H6O/c1-2-3-4-5-6-7-8-9-10-11-12-13-14-15-16-20-21(17,18)19;1-2-3/h2-16H2,1H3,(H2,17,18,19);3H,2H2,1H3. The lowest BCUT2D eigenvalue weighted by Gasteiger charge is -2.05. The van der Waals surface area contributed by atoms with Crippen molar-refractivity contribution in [2.45, 2.75) is 104 Å². The molecule has 0 radical (unpaired) electrons. The number of hydrogen-bond acceptors (Lipinski definition) is 3. The van der Waals surface area contributed by atoms with Crippen molar-refractivity contribution in [2.75, 3.05) is 13.2 Å².